The zero-order valence-electron chi connectivity index (χ0n) is 14.0. The number of carboxylic acids is 1. The zero-order chi connectivity index (χ0) is 17.7. The first-order valence-corrected chi connectivity index (χ1v) is 8.67. The molecular formula is C18H24ClNO4. The Bertz CT molecular complexity index is 583. The summed E-state index contributed by atoms with van der Waals surface area (Å²) in [5.41, 5.74) is -0.921. The molecule has 5 nitrogen and oxygen atoms in total. The number of ether oxygens (including phenoxy) is 1. The van der Waals surface area contributed by atoms with E-state index in [0.29, 0.717) is 23.8 Å². The molecular weight excluding hydrogens is 330 g/mol. The third kappa shape index (κ3) is 3.90. The van der Waals surface area contributed by atoms with Gasteiger partial charge in [-0.05, 0) is 42.9 Å². The Morgan fingerprint density at radius 2 is 1.92 bits per heavy atom. The molecule has 1 fully saturated rings. The van der Waals surface area contributed by atoms with Crippen LogP contribution in [0, 0.1) is 11.8 Å². The first kappa shape index (κ1) is 18.7. The maximum Gasteiger partial charge on any atom is 0.334 e. The zero-order valence-corrected chi connectivity index (χ0v) is 14.8. The molecule has 1 saturated heterocycles. The highest BCUT2D eigenvalue weighted by molar-refractivity contribution is 6.30. The maximum absolute atomic E-state index is 12.7. The molecule has 1 amide bonds. The second-order valence-electron chi connectivity index (χ2n) is 6.30. The summed E-state index contributed by atoms with van der Waals surface area (Å²) >= 11 is 5.90. The summed E-state index contributed by atoms with van der Waals surface area (Å²) in [6.45, 7) is 4.91. The van der Waals surface area contributed by atoms with Gasteiger partial charge in [0.2, 0.25) is 5.91 Å². The standard InChI is InChI=1S/C18H24ClNO4/c1-3-18(17(22)23,14-4-6-15(19)7-5-14)20-16(21)12(2)13-8-10-24-11-9-13/h4-7,12-13H,3,8-11H2,1-2H3,(H,20,21)(H,22,23). The molecule has 0 saturated carbocycles. The molecule has 2 atom stereocenters. The van der Waals surface area contributed by atoms with Crippen molar-refractivity contribution in [2.45, 2.75) is 38.6 Å². The van der Waals surface area contributed by atoms with Crippen LogP contribution in [0.1, 0.15) is 38.7 Å². The van der Waals surface area contributed by atoms with Gasteiger partial charge in [-0.2, -0.15) is 0 Å². The number of aliphatic carboxylic acids is 1. The predicted molar refractivity (Wildman–Crippen MR) is 91.9 cm³/mol. The number of amides is 1. The summed E-state index contributed by atoms with van der Waals surface area (Å²) in [4.78, 5) is 24.7. The minimum Gasteiger partial charge on any atom is -0.479 e. The van der Waals surface area contributed by atoms with Crippen molar-refractivity contribution in [3.63, 3.8) is 0 Å². The fourth-order valence-corrected chi connectivity index (χ4v) is 3.31. The number of halogens is 1. The van der Waals surface area contributed by atoms with Crippen molar-refractivity contribution in [1.82, 2.24) is 5.32 Å². The number of carbonyl (C=O) groups excluding carboxylic acids is 1. The third-order valence-corrected chi connectivity index (χ3v) is 5.21. The lowest BCUT2D eigenvalue weighted by atomic mass is 9.83. The minimum atomic E-state index is -1.44. The van der Waals surface area contributed by atoms with Crippen molar-refractivity contribution >= 4 is 23.5 Å². The normalized spacial score (nSPS) is 19.3. The second kappa shape index (κ2) is 7.99. The molecule has 0 bridgehead atoms. The Morgan fingerprint density at radius 3 is 2.42 bits per heavy atom. The van der Waals surface area contributed by atoms with E-state index in [1.54, 1.807) is 31.2 Å². The van der Waals surface area contributed by atoms with Gasteiger partial charge in [-0.3, -0.25) is 4.79 Å². The smallest absolute Gasteiger partial charge is 0.334 e. The van der Waals surface area contributed by atoms with Crippen LogP contribution in [-0.2, 0) is 19.9 Å². The molecule has 1 aliphatic heterocycles. The number of hydrogen-bond donors (Lipinski definition) is 2. The molecule has 1 aliphatic rings. The van der Waals surface area contributed by atoms with E-state index in [2.05, 4.69) is 5.32 Å². The highest BCUT2D eigenvalue weighted by Crippen LogP contribution is 2.30. The van der Waals surface area contributed by atoms with Gasteiger partial charge < -0.3 is 15.2 Å². The number of nitrogens with one attached hydrogen (secondary N) is 1. The van der Waals surface area contributed by atoms with Gasteiger partial charge in [0.1, 0.15) is 0 Å². The summed E-state index contributed by atoms with van der Waals surface area (Å²) in [6, 6.07) is 6.58. The molecule has 24 heavy (non-hydrogen) atoms. The topological polar surface area (TPSA) is 75.6 Å². The Labute approximate surface area is 147 Å². The van der Waals surface area contributed by atoms with E-state index in [-0.39, 0.29) is 24.2 Å². The average molecular weight is 354 g/mol. The fraction of sp³-hybridized carbons (Fsp3) is 0.556. The van der Waals surface area contributed by atoms with E-state index in [1.807, 2.05) is 6.92 Å². The lowest BCUT2D eigenvalue weighted by Crippen LogP contribution is -2.53. The van der Waals surface area contributed by atoms with Crippen LogP contribution < -0.4 is 5.32 Å². The SMILES string of the molecule is CCC(NC(=O)C(C)C1CCOCC1)(C(=O)O)c1ccc(Cl)cc1. The lowest BCUT2D eigenvalue weighted by Gasteiger charge is -2.33. The Kier molecular flexibility index (Phi) is 6.24. The first-order chi connectivity index (χ1) is 11.4. The van der Waals surface area contributed by atoms with Gasteiger partial charge in [0.25, 0.3) is 0 Å². The molecule has 6 heteroatoms. The van der Waals surface area contributed by atoms with Gasteiger partial charge in [0.05, 0.1) is 0 Å². The molecule has 1 heterocycles. The van der Waals surface area contributed by atoms with E-state index in [0.717, 1.165) is 12.8 Å². The monoisotopic (exact) mass is 353 g/mol. The lowest BCUT2D eigenvalue weighted by molar-refractivity contribution is -0.149. The van der Waals surface area contributed by atoms with Gasteiger partial charge in [0.15, 0.2) is 5.54 Å². The Morgan fingerprint density at radius 1 is 1.33 bits per heavy atom. The number of benzene rings is 1. The second-order valence-corrected chi connectivity index (χ2v) is 6.74. The van der Waals surface area contributed by atoms with Crippen LogP contribution in [0.15, 0.2) is 24.3 Å². The van der Waals surface area contributed by atoms with Gasteiger partial charge in [-0.25, -0.2) is 4.79 Å². The van der Waals surface area contributed by atoms with Crippen molar-refractivity contribution in [1.29, 1.82) is 0 Å². The molecule has 2 unspecified atom stereocenters. The van der Waals surface area contributed by atoms with Gasteiger partial charge in [-0.15, -0.1) is 0 Å². The van der Waals surface area contributed by atoms with Crippen molar-refractivity contribution in [2.75, 3.05) is 13.2 Å². The molecule has 0 spiro atoms. The molecule has 1 aromatic rings. The summed E-state index contributed by atoms with van der Waals surface area (Å²) in [5.74, 6) is -1.35. The van der Waals surface area contributed by atoms with Crippen LogP contribution >= 0.6 is 11.6 Å². The molecule has 0 radical (unpaired) electrons. The number of hydrogen-bond acceptors (Lipinski definition) is 3. The van der Waals surface area contributed by atoms with Crippen LogP contribution in [-0.4, -0.2) is 30.2 Å². The highest BCUT2D eigenvalue weighted by Gasteiger charge is 2.42. The van der Waals surface area contributed by atoms with Gasteiger partial charge in [-0.1, -0.05) is 37.6 Å². The highest BCUT2D eigenvalue weighted by atomic mass is 35.5. The van der Waals surface area contributed by atoms with E-state index in [9.17, 15) is 14.7 Å². The minimum absolute atomic E-state index is 0.215. The number of carboxylic acid groups (broad SMARTS) is 1. The van der Waals surface area contributed by atoms with Crippen LogP contribution in [0.4, 0.5) is 0 Å². The van der Waals surface area contributed by atoms with E-state index >= 15 is 0 Å². The van der Waals surface area contributed by atoms with Crippen LogP contribution in [0.2, 0.25) is 5.02 Å². The summed E-state index contributed by atoms with van der Waals surface area (Å²) in [6.07, 6.45) is 1.89. The van der Waals surface area contributed by atoms with Crippen LogP contribution in [0.25, 0.3) is 0 Å². The van der Waals surface area contributed by atoms with Crippen LogP contribution in [0.3, 0.4) is 0 Å². The Balaban J connectivity index is 2.23. The quantitative estimate of drug-likeness (QED) is 0.823. The predicted octanol–water partition coefficient (Wildman–Crippen LogP) is 3.21. The molecule has 2 N–H and O–H groups in total. The van der Waals surface area contributed by atoms with Crippen molar-refractivity contribution < 1.29 is 19.4 Å². The van der Waals surface area contributed by atoms with E-state index in [1.165, 1.54) is 0 Å². The molecule has 132 valence electrons. The van der Waals surface area contributed by atoms with E-state index < -0.39 is 11.5 Å². The van der Waals surface area contributed by atoms with Crippen molar-refractivity contribution in [2.24, 2.45) is 11.8 Å². The molecule has 1 aromatic carbocycles. The van der Waals surface area contributed by atoms with Crippen molar-refractivity contribution in [3.05, 3.63) is 34.9 Å². The largest absolute Gasteiger partial charge is 0.479 e. The summed E-state index contributed by atoms with van der Waals surface area (Å²) in [5, 5.41) is 13.1. The van der Waals surface area contributed by atoms with Crippen molar-refractivity contribution in [3.8, 4) is 0 Å². The molecule has 2 rings (SSSR count). The van der Waals surface area contributed by atoms with Gasteiger partial charge in [0, 0.05) is 24.2 Å². The average Bonchev–Trinajstić information content (AvgIpc) is 2.60. The number of rotatable bonds is 6. The summed E-state index contributed by atoms with van der Waals surface area (Å²) < 4.78 is 5.33. The Hall–Kier alpha value is -1.59. The fourth-order valence-electron chi connectivity index (χ4n) is 3.18. The van der Waals surface area contributed by atoms with E-state index in [4.69, 9.17) is 16.3 Å². The van der Waals surface area contributed by atoms with Gasteiger partial charge >= 0.3 is 5.97 Å². The molecule has 0 aromatic heterocycles. The first-order valence-electron chi connectivity index (χ1n) is 8.30. The molecule has 0 aliphatic carbocycles. The van der Waals surface area contributed by atoms with Crippen LogP contribution in [0.5, 0.6) is 0 Å². The summed E-state index contributed by atoms with van der Waals surface area (Å²) in [7, 11) is 0. The third-order valence-electron chi connectivity index (χ3n) is 4.96. The number of carbonyl (C=O) groups is 2. The maximum atomic E-state index is 12.7.